The lowest BCUT2D eigenvalue weighted by molar-refractivity contribution is 0.0697. The van der Waals surface area contributed by atoms with Gasteiger partial charge < -0.3 is 15.2 Å². The van der Waals surface area contributed by atoms with Crippen LogP contribution in [0.2, 0.25) is 0 Å². The second-order valence-electron chi connectivity index (χ2n) is 6.35. The van der Waals surface area contributed by atoms with Crippen LogP contribution in [0, 0.1) is 0 Å². The number of ether oxygens (including phenoxy) is 1. The van der Waals surface area contributed by atoms with Crippen molar-refractivity contribution in [2.24, 2.45) is 0 Å². The zero-order valence-corrected chi connectivity index (χ0v) is 15.7. The summed E-state index contributed by atoms with van der Waals surface area (Å²) in [5.74, 6) is -0.618. The maximum absolute atomic E-state index is 12.0. The lowest BCUT2D eigenvalue weighted by Gasteiger charge is -2.15. The number of benzene rings is 2. The highest BCUT2D eigenvalue weighted by Gasteiger charge is 2.23. The Balaban J connectivity index is 1.77. The Morgan fingerprint density at radius 2 is 1.80 bits per heavy atom. The summed E-state index contributed by atoms with van der Waals surface area (Å²) in [5.41, 5.74) is 1.53. The number of aromatic amines is 1. The highest BCUT2D eigenvalue weighted by Crippen LogP contribution is 2.31. The number of nitrogens with zero attached hydrogens (tertiary/aromatic N) is 3. The van der Waals surface area contributed by atoms with Crippen LogP contribution in [0.3, 0.4) is 0 Å². The van der Waals surface area contributed by atoms with Gasteiger partial charge in [-0.1, -0.05) is 12.1 Å². The van der Waals surface area contributed by atoms with Crippen molar-refractivity contribution in [2.75, 3.05) is 11.9 Å². The number of H-pyrrole nitrogens is 1. The number of rotatable bonds is 7. The molecule has 0 fully saturated rings. The fourth-order valence-corrected chi connectivity index (χ4v) is 3.00. The molecule has 30 heavy (non-hydrogen) atoms. The summed E-state index contributed by atoms with van der Waals surface area (Å²) in [7, 11) is 0. The summed E-state index contributed by atoms with van der Waals surface area (Å²) in [4.78, 5) is 34.8. The first-order valence-electron chi connectivity index (χ1n) is 8.94. The molecule has 0 spiro atoms. The largest absolute Gasteiger partial charge is 0.488 e. The van der Waals surface area contributed by atoms with E-state index in [4.69, 9.17) is 9.84 Å². The van der Waals surface area contributed by atoms with Crippen LogP contribution in [0.15, 0.2) is 52.1 Å². The molecule has 0 aliphatic carbocycles. The van der Waals surface area contributed by atoms with Gasteiger partial charge in [0.05, 0.1) is 12.2 Å². The first kappa shape index (κ1) is 19.0. The smallest absolute Gasteiger partial charge is 0.335 e. The van der Waals surface area contributed by atoms with Crippen molar-refractivity contribution < 1.29 is 14.6 Å². The van der Waals surface area contributed by atoms with Gasteiger partial charge in [0.25, 0.3) is 10.9 Å². The third kappa shape index (κ3) is 3.41. The quantitative estimate of drug-likeness (QED) is 0.393. The number of anilines is 2. The third-order valence-electron chi connectivity index (χ3n) is 4.44. The van der Waals surface area contributed by atoms with E-state index in [-0.39, 0.29) is 23.6 Å². The van der Waals surface area contributed by atoms with Crippen LogP contribution in [-0.4, -0.2) is 38.3 Å². The van der Waals surface area contributed by atoms with E-state index in [1.165, 1.54) is 12.1 Å². The minimum absolute atomic E-state index is 0.00148. The van der Waals surface area contributed by atoms with E-state index in [1.807, 2.05) is 6.07 Å². The molecule has 0 radical (unpaired) electrons. The van der Waals surface area contributed by atoms with Crippen LogP contribution in [0.4, 0.5) is 11.4 Å². The number of carbonyl (C=O) groups is 1. The van der Waals surface area contributed by atoms with Gasteiger partial charge in [-0.2, -0.15) is 0 Å². The fourth-order valence-electron chi connectivity index (χ4n) is 3.00. The third-order valence-corrected chi connectivity index (χ3v) is 4.44. The van der Waals surface area contributed by atoms with E-state index >= 15 is 0 Å². The van der Waals surface area contributed by atoms with Crippen LogP contribution in [0.25, 0.3) is 22.5 Å². The molecule has 0 aliphatic rings. The molecule has 150 valence electrons. The van der Waals surface area contributed by atoms with Gasteiger partial charge in [0, 0.05) is 11.3 Å². The number of aromatic nitrogens is 4. The van der Waals surface area contributed by atoms with Crippen molar-refractivity contribution >= 4 is 17.3 Å². The molecule has 0 bridgehead atoms. The Labute approximate surface area is 168 Å². The molecule has 4 rings (SSSR count). The predicted molar refractivity (Wildman–Crippen MR) is 108 cm³/mol. The minimum Gasteiger partial charge on any atom is -0.488 e. The standard InChI is InChI=1S/C20H15N5O5/c1-2-30-18-15(16(26)17(18)27)21-14-8-12(7-13(9-14)19-22-24-25-23-19)10-3-5-11(6-4-10)20(28)29/h3-9,21H,2H2,1H3,(H,28,29)(H,22,23,24,25). The minimum atomic E-state index is -1.02. The Morgan fingerprint density at radius 1 is 1.07 bits per heavy atom. The maximum Gasteiger partial charge on any atom is 0.335 e. The summed E-state index contributed by atoms with van der Waals surface area (Å²) >= 11 is 0. The second kappa shape index (κ2) is 7.59. The molecule has 3 N–H and O–H groups in total. The lowest BCUT2D eigenvalue weighted by atomic mass is 10.00. The van der Waals surface area contributed by atoms with Crippen molar-refractivity contribution in [3.8, 4) is 28.3 Å². The molecule has 10 nitrogen and oxygen atoms in total. The number of carboxylic acids is 1. The summed E-state index contributed by atoms with van der Waals surface area (Å²) < 4.78 is 5.25. The zero-order valence-electron chi connectivity index (χ0n) is 15.7. The molecule has 0 unspecified atom stereocenters. The van der Waals surface area contributed by atoms with Crippen molar-refractivity contribution in [2.45, 2.75) is 6.92 Å². The van der Waals surface area contributed by atoms with E-state index in [1.54, 1.807) is 31.2 Å². The normalized spacial score (nSPS) is 10.8. The number of hydrogen-bond acceptors (Lipinski definition) is 8. The Kier molecular flexibility index (Phi) is 4.80. The number of nitrogens with one attached hydrogen (secondary N) is 2. The Morgan fingerprint density at radius 3 is 2.43 bits per heavy atom. The molecule has 0 atom stereocenters. The van der Waals surface area contributed by atoms with Gasteiger partial charge >= 0.3 is 5.97 Å². The summed E-state index contributed by atoms with van der Waals surface area (Å²) in [6.45, 7) is 1.97. The summed E-state index contributed by atoms with van der Waals surface area (Å²) in [6, 6.07) is 11.6. The Hall–Kier alpha value is -4.34. The van der Waals surface area contributed by atoms with E-state index in [2.05, 4.69) is 25.9 Å². The number of carboxylic acid groups (broad SMARTS) is 1. The molecular weight excluding hydrogens is 390 g/mol. The van der Waals surface area contributed by atoms with E-state index in [0.29, 0.717) is 17.1 Å². The number of tetrazole rings is 1. The molecule has 0 amide bonds. The van der Waals surface area contributed by atoms with Gasteiger partial charge in [-0.15, -0.1) is 5.10 Å². The van der Waals surface area contributed by atoms with E-state index in [0.717, 1.165) is 11.1 Å². The highest BCUT2D eigenvalue weighted by atomic mass is 16.5. The van der Waals surface area contributed by atoms with Crippen molar-refractivity contribution in [1.82, 2.24) is 20.6 Å². The predicted octanol–water partition coefficient (Wildman–Crippen LogP) is 1.97. The molecule has 0 saturated heterocycles. The number of aromatic carboxylic acids is 1. The average Bonchev–Trinajstić information content (AvgIpc) is 3.31. The van der Waals surface area contributed by atoms with Gasteiger partial charge in [0.2, 0.25) is 0 Å². The zero-order chi connectivity index (χ0) is 21.3. The van der Waals surface area contributed by atoms with Crippen LogP contribution in [-0.2, 0) is 0 Å². The molecule has 1 heterocycles. The van der Waals surface area contributed by atoms with Gasteiger partial charge in [0.15, 0.2) is 11.6 Å². The molecule has 0 saturated carbocycles. The first-order chi connectivity index (χ1) is 14.5. The second-order valence-corrected chi connectivity index (χ2v) is 6.35. The topological polar surface area (TPSA) is 147 Å². The van der Waals surface area contributed by atoms with Gasteiger partial charge in [-0.05, 0) is 58.8 Å². The molecule has 3 aromatic carbocycles. The van der Waals surface area contributed by atoms with Gasteiger partial charge in [-0.3, -0.25) is 9.59 Å². The molecule has 4 aromatic rings. The first-order valence-corrected chi connectivity index (χ1v) is 8.94. The van der Waals surface area contributed by atoms with Crippen LogP contribution in [0.5, 0.6) is 5.75 Å². The van der Waals surface area contributed by atoms with Crippen molar-refractivity contribution in [3.63, 3.8) is 0 Å². The van der Waals surface area contributed by atoms with Gasteiger partial charge in [0.1, 0.15) is 5.69 Å². The van der Waals surface area contributed by atoms with Crippen molar-refractivity contribution in [3.05, 3.63) is 68.5 Å². The molecule has 10 heteroatoms. The fraction of sp³-hybridized carbons (Fsp3) is 0.100. The SMILES string of the molecule is CCOc1c(Nc2cc(-c3ccc(C(=O)O)cc3)cc(-c3nnn[nH]3)c2)c(=O)c1=O. The van der Waals surface area contributed by atoms with Crippen LogP contribution < -0.4 is 20.9 Å². The summed E-state index contributed by atoms with van der Waals surface area (Å²) in [5, 5.41) is 25.8. The van der Waals surface area contributed by atoms with Crippen LogP contribution in [0.1, 0.15) is 17.3 Å². The highest BCUT2D eigenvalue weighted by molar-refractivity contribution is 5.88. The van der Waals surface area contributed by atoms with Crippen LogP contribution >= 0.6 is 0 Å². The molecule has 1 aromatic heterocycles. The number of hydrogen-bond donors (Lipinski definition) is 3. The molecule has 0 aliphatic heterocycles. The summed E-state index contributed by atoms with van der Waals surface area (Å²) in [6.07, 6.45) is 0. The van der Waals surface area contributed by atoms with Crippen molar-refractivity contribution in [1.29, 1.82) is 0 Å². The Bertz CT molecular complexity index is 1290. The maximum atomic E-state index is 12.0. The van der Waals surface area contributed by atoms with E-state index < -0.39 is 16.8 Å². The monoisotopic (exact) mass is 405 g/mol. The van der Waals surface area contributed by atoms with Gasteiger partial charge in [-0.25, -0.2) is 9.89 Å². The lowest BCUT2D eigenvalue weighted by Crippen LogP contribution is -2.35. The average molecular weight is 405 g/mol. The molecular formula is C20H15N5O5. The van der Waals surface area contributed by atoms with E-state index in [9.17, 15) is 14.4 Å².